The number of amides is 2. The van der Waals surface area contributed by atoms with Gasteiger partial charge in [0.2, 0.25) is 0 Å². The molecule has 154 valence electrons. The standard InChI is InChI=1S/C20H22F3N5O/c21-20(22,23)15-5-7-16(8-6-15)24-19(29)28-11-9-27(10-12-28)18-13-14-3-1-2-4-17(14)25-26-18/h5-8,13H,1-4,9-12H2,(H,24,29). The van der Waals surface area contributed by atoms with Crippen molar-refractivity contribution < 1.29 is 18.0 Å². The topological polar surface area (TPSA) is 61.4 Å². The van der Waals surface area contributed by atoms with Crippen LogP contribution in [0.2, 0.25) is 0 Å². The monoisotopic (exact) mass is 405 g/mol. The molecular weight excluding hydrogens is 383 g/mol. The van der Waals surface area contributed by atoms with Crippen molar-refractivity contribution in [3.63, 3.8) is 0 Å². The molecule has 1 aliphatic heterocycles. The number of alkyl halides is 3. The van der Waals surface area contributed by atoms with E-state index in [1.54, 1.807) is 4.90 Å². The number of benzene rings is 1. The van der Waals surface area contributed by atoms with Crippen molar-refractivity contribution in [2.45, 2.75) is 31.9 Å². The van der Waals surface area contributed by atoms with Gasteiger partial charge in [0.15, 0.2) is 5.82 Å². The summed E-state index contributed by atoms with van der Waals surface area (Å²) in [5.41, 5.74) is 1.96. The number of aromatic nitrogens is 2. The van der Waals surface area contributed by atoms with Crippen molar-refractivity contribution in [1.82, 2.24) is 15.1 Å². The van der Waals surface area contributed by atoms with Gasteiger partial charge in [-0.15, -0.1) is 5.10 Å². The van der Waals surface area contributed by atoms with Crippen molar-refractivity contribution in [3.8, 4) is 0 Å². The molecule has 9 heteroatoms. The van der Waals surface area contributed by atoms with Crippen LogP contribution in [-0.2, 0) is 19.0 Å². The van der Waals surface area contributed by atoms with Crippen LogP contribution in [-0.4, -0.2) is 47.3 Å². The average Bonchev–Trinajstić information content (AvgIpc) is 2.73. The van der Waals surface area contributed by atoms with Crippen LogP contribution in [0.15, 0.2) is 30.3 Å². The maximum Gasteiger partial charge on any atom is 0.416 e. The van der Waals surface area contributed by atoms with E-state index in [0.717, 1.165) is 42.9 Å². The van der Waals surface area contributed by atoms with E-state index in [1.807, 2.05) is 0 Å². The van der Waals surface area contributed by atoms with Crippen molar-refractivity contribution in [1.29, 1.82) is 0 Å². The molecule has 1 saturated heterocycles. The van der Waals surface area contributed by atoms with E-state index in [9.17, 15) is 18.0 Å². The quantitative estimate of drug-likeness (QED) is 0.827. The number of rotatable bonds is 2. The van der Waals surface area contributed by atoms with Gasteiger partial charge in [-0.05, 0) is 61.6 Å². The molecule has 0 spiro atoms. The van der Waals surface area contributed by atoms with Crippen molar-refractivity contribution in [2.75, 3.05) is 36.4 Å². The first-order chi connectivity index (χ1) is 13.9. The molecule has 0 atom stereocenters. The summed E-state index contributed by atoms with van der Waals surface area (Å²) in [7, 11) is 0. The highest BCUT2D eigenvalue weighted by molar-refractivity contribution is 5.89. The Bertz CT molecular complexity index is 877. The Balaban J connectivity index is 1.33. The largest absolute Gasteiger partial charge is 0.416 e. The molecule has 2 aliphatic rings. The molecule has 0 radical (unpaired) electrons. The van der Waals surface area contributed by atoms with E-state index in [1.165, 1.54) is 24.1 Å². The Labute approximate surface area is 166 Å². The van der Waals surface area contributed by atoms with E-state index in [2.05, 4.69) is 26.5 Å². The van der Waals surface area contributed by atoms with Gasteiger partial charge in [-0.25, -0.2) is 4.79 Å². The number of hydrogen-bond donors (Lipinski definition) is 1. The Morgan fingerprint density at radius 3 is 2.34 bits per heavy atom. The van der Waals surface area contributed by atoms with Gasteiger partial charge < -0.3 is 15.1 Å². The zero-order valence-electron chi connectivity index (χ0n) is 15.9. The van der Waals surface area contributed by atoms with Crippen LogP contribution in [0.5, 0.6) is 0 Å². The number of carbonyl (C=O) groups is 1. The van der Waals surface area contributed by atoms with Gasteiger partial charge in [0.1, 0.15) is 0 Å². The van der Waals surface area contributed by atoms with Crippen molar-refractivity contribution in [3.05, 3.63) is 47.2 Å². The molecule has 2 aromatic rings. The molecule has 0 bridgehead atoms. The molecule has 2 heterocycles. The second-order valence-corrected chi connectivity index (χ2v) is 7.36. The zero-order chi connectivity index (χ0) is 20.4. The minimum absolute atomic E-state index is 0.319. The third-order valence-electron chi connectivity index (χ3n) is 5.41. The highest BCUT2D eigenvalue weighted by Crippen LogP contribution is 2.30. The molecule has 1 N–H and O–H groups in total. The predicted octanol–water partition coefficient (Wildman–Crippen LogP) is 3.73. The van der Waals surface area contributed by atoms with Crippen LogP contribution in [0.4, 0.5) is 29.5 Å². The number of halogens is 3. The van der Waals surface area contributed by atoms with Crippen LogP contribution in [0.3, 0.4) is 0 Å². The van der Waals surface area contributed by atoms with E-state index in [4.69, 9.17) is 0 Å². The first-order valence-corrected chi connectivity index (χ1v) is 9.74. The first kappa shape index (κ1) is 19.5. The Morgan fingerprint density at radius 2 is 1.66 bits per heavy atom. The molecule has 4 rings (SSSR count). The summed E-state index contributed by atoms with van der Waals surface area (Å²) in [6.07, 6.45) is -0.0317. The average molecular weight is 405 g/mol. The highest BCUT2D eigenvalue weighted by atomic mass is 19.4. The fourth-order valence-electron chi connectivity index (χ4n) is 3.72. The maximum atomic E-state index is 12.6. The number of aryl methyl sites for hydroxylation is 2. The highest BCUT2D eigenvalue weighted by Gasteiger charge is 2.30. The van der Waals surface area contributed by atoms with E-state index in [-0.39, 0.29) is 6.03 Å². The van der Waals surface area contributed by atoms with Crippen LogP contribution in [0.25, 0.3) is 0 Å². The van der Waals surface area contributed by atoms with Crippen LogP contribution < -0.4 is 10.2 Å². The summed E-state index contributed by atoms with van der Waals surface area (Å²) in [5, 5.41) is 11.4. The van der Waals surface area contributed by atoms with E-state index in [0.29, 0.717) is 31.9 Å². The number of urea groups is 1. The van der Waals surface area contributed by atoms with Crippen molar-refractivity contribution >= 4 is 17.5 Å². The van der Waals surface area contributed by atoms with Gasteiger partial charge in [0.25, 0.3) is 0 Å². The number of fused-ring (bicyclic) bond motifs is 1. The molecule has 0 unspecified atom stereocenters. The lowest BCUT2D eigenvalue weighted by Gasteiger charge is -2.35. The minimum Gasteiger partial charge on any atom is -0.352 e. The van der Waals surface area contributed by atoms with Crippen molar-refractivity contribution in [2.24, 2.45) is 0 Å². The van der Waals surface area contributed by atoms with Crippen LogP contribution in [0, 0.1) is 0 Å². The lowest BCUT2D eigenvalue weighted by molar-refractivity contribution is -0.137. The van der Waals surface area contributed by atoms with E-state index >= 15 is 0 Å². The lowest BCUT2D eigenvalue weighted by atomic mass is 9.97. The fourth-order valence-corrected chi connectivity index (χ4v) is 3.72. The molecule has 0 saturated carbocycles. The Kier molecular flexibility index (Phi) is 5.29. The summed E-state index contributed by atoms with van der Waals surface area (Å²) in [6, 6.07) is 6.24. The molecule has 1 fully saturated rings. The zero-order valence-corrected chi connectivity index (χ0v) is 15.9. The first-order valence-electron chi connectivity index (χ1n) is 9.74. The SMILES string of the molecule is O=C(Nc1ccc(C(F)(F)F)cc1)N1CCN(c2cc3c(nn2)CCCC3)CC1. The van der Waals surface area contributed by atoms with Gasteiger partial charge in [-0.3, -0.25) is 0 Å². The number of hydrogen-bond acceptors (Lipinski definition) is 4. The summed E-state index contributed by atoms with van der Waals surface area (Å²) in [4.78, 5) is 16.2. The number of nitrogens with one attached hydrogen (secondary N) is 1. The molecule has 1 aliphatic carbocycles. The molecule has 29 heavy (non-hydrogen) atoms. The number of carbonyl (C=O) groups excluding carboxylic acids is 1. The number of anilines is 2. The second-order valence-electron chi connectivity index (χ2n) is 7.36. The normalized spacial score (nSPS) is 17.1. The molecule has 1 aromatic carbocycles. The summed E-state index contributed by atoms with van der Waals surface area (Å²) >= 11 is 0. The molecule has 6 nitrogen and oxygen atoms in total. The molecule has 2 amide bonds. The van der Waals surface area contributed by atoms with E-state index < -0.39 is 11.7 Å². The smallest absolute Gasteiger partial charge is 0.352 e. The lowest BCUT2D eigenvalue weighted by Crippen LogP contribution is -2.50. The minimum atomic E-state index is -4.39. The third kappa shape index (κ3) is 4.44. The van der Waals surface area contributed by atoms with Gasteiger partial charge >= 0.3 is 12.2 Å². The van der Waals surface area contributed by atoms with Crippen LogP contribution >= 0.6 is 0 Å². The third-order valence-corrected chi connectivity index (χ3v) is 5.41. The molecular formula is C20H22F3N5O. The Hall–Kier alpha value is -2.84. The van der Waals surface area contributed by atoms with Gasteiger partial charge in [0, 0.05) is 31.9 Å². The van der Waals surface area contributed by atoms with Gasteiger partial charge in [0.05, 0.1) is 11.3 Å². The number of piperazine rings is 1. The predicted molar refractivity (Wildman–Crippen MR) is 103 cm³/mol. The van der Waals surface area contributed by atoms with Gasteiger partial charge in [-0.2, -0.15) is 18.3 Å². The fraction of sp³-hybridized carbons (Fsp3) is 0.450. The summed E-state index contributed by atoms with van der Waals surface area (Å²) in [5.74, 6) is 0.841. The summed E-state index contributed by atoms with van der Waals surface area (Å²) in [6.45, 7) is 2.28. The van der Waals surface area contributed by atoms with Crippen LogP contribution in [0.1, 0.15) is 29.7 Å². The number of nitrogens with zero attached hydrogens (tertiary/aromatic N) is 4. The summed E-state index contributed by atoms with van der Waals surface area (Å²) < 4.78 is 37.9. The van der Waals surface area contributed by atoms with Gasteiger partial charge in [-0.1, -0.05) is 0 Å². The maximum absolute atomic E-state index is 12.6. The Morgan fingerprint density at radius 1 is 0.966 bits per heavy atom. The molecule has 1 aromatic heterocycles. The second kappa shape index (κ2) is 7.88.